The Morgan fingerprint density at radius 1 is 1.50 bits per heavy atom. The van der Waals surface area contributed by atoms with Crippen molar-refractivity contribution >= 4 is 17.5 Å². The first-order valence-electron chi connectivity index (χ1n) is 5.04. The van der Waals surface area contributed by atoms with Crippen molar-refractivity contribution in [2.24, 2.45) is 5.73 Å². The van der Waals surface area contributed by atoms with Crippen LogP contribution >= 0.6 is 0 Å². The molecule has 88 valence electrons. The number of anilines is 2. The number of carbonyl (C=O) groups is 1. The Hall–Kier alpha value is -1.69. The lowest BCUT2D eigenvalue weighted by Crippen LogP contribution is -2.24. The first kappa shape index (κ1) is 12.4. The second-order valence-electron chi connectivity index (χ2n) is 3.90. The van der Waals surface area contributed by atoms with Crippen molar-refractivity contribution in [1.29, 1.82) is 0 Å². The number of nitrogens with zero attached hydrogens (tertiary/aromatic N) is 3. The quantitative estimate of drug-likeness (QED) is 0.762. The maximum Gasteiger partial charge on any atom is 0.226 e. The number of carbonyl (C=O) groups excluding carboxylic acids is 1. The van der Waals surface area contributed by atoms with Gasteiger partial charge in [-0.3, -0.25) is 4.79 Å². The summed E-state index contributed by atoms with van der Waals surface area (Å²) in [5, 5.41) is 2.68. The monoisotopic (exact) mass is 223 g/mol. The number of hydrogen-bond acceptors (Lipinski definition) is 5. The van der Waals surface area contributed by atoms with Crippen molar-refractivity contribution in [3.8, 4) is 0 Å². The molecule has 0 fully saturated rings. The summed E-state index contributed by atoms with van der Waals surface area (Å²) >= 11 is 0. The highest BCUT2D eigenvalue weighted by Gasteiger charge is 2.06. The van der Waals surface area contributed by atoms with E-state index in [1.165, 1.54) is 0 Å². The Kier molecular flexibility index (Phi) is 4.19. The van der Waals surface area contributed by atoms with E-state index < -0.39 is 0 Å². The third kappa shape index (κ3) is 3.82. The highest BCUT2D eigenvalue weighted by atomic mass is 16.1. The van der Waals surface area contributed by atoms with Crippen molar-refractivity contribution in [2.45, 2.75) is 19.4 Å². The SMILES string of the molecule is CC(N)CC(=O)Nc1cnc(N(C)C)nc1. The Morgan fingerprint density at radius 3 is 2.50 bits per heavy atom. The molecule has 1 rings (SSSR count). The Morgan fingerprint density at radius 2 is 2.06 bits per heavy atom. The molecule has 0 bridgehead atoms. The molecule has 1 aromatic rings. The Balaban J connectivity index is 2.58. The van der Waals surface area contributed by atoms with Crippen LogP contribution in [0.25, 0.3) is 0 Å². The molecule has 0 aromatic carbocycles. The molecule has 0 spiro atoms. The molecule has 6 nitrogen and oxygen atoms in total. The van der Waals surface area contributed by atoms with Gasteiger partial charge in [-0.2, -0.15) is 0 Å². The third-order valence-corrected chi connectivity index (χ3v) is 1.83. The first-order chi connectivity index (χ1) is 7.49. The second-order valence-corrected chi connectivity index (χ2v) is 3.90. The summed E-state index contributed by atoms with van der Waals surface area (Å²) in [5.74, 6) is 0.474. The number of nitrogens with one attached hydrogen (secondary N) is 1. The summed E-state index contributed by atoms with van der Waals surface area (Å²) in [4.78, 5) is 21.3. The van der Waals surface area contributed by atoms with Gasteiger partial charge in [-0.15, -0.1) is 0 Å². The fraction of sp³-hybridized carbons (Fsp3) is 0.500. The standard InChI is InChI=1S/C10H17N5O/c1-7(11)4-9(16)14-8-5-12-10(13-6-8)15(2)3/h5-7H,4,11H2,1-3H3,(H,14,16). The topological polar surface area (TPSA) is 84.1 Å². The summed E-state index contributed by atoms with van der Waals surface area (Å²) in [6.45, 7) is 1.78. The van der Waals surface area contributed by atoms with E-state index in [0.29, 0.717) is 11.6 Å². The van der Waals surface area contributed by atoms with Gasteiger partial charge in [0.1, 0.15) is 0 Å². The van der Waals surface area contributed by atoms with Crippen LogP contribution in [0.5, 0.6) is 0 Å². The van der Waals surface area contributed by atoms with E-state index in [1.54, 1.807) is 24.2 Å². The number of hydrogen-bond donors (Lipinski definition) is 2. The van der Waals surface area contributed by atoms with Crippen LogP contribution in [0.1, 0.15) is 13.3 Å². The average molecular weight is 223 g/mol. The summed E-state index contributed by atoms with van der Waals surface area (Å²) in [6.07, 6.45) is 3.43. The second kappa shape index (κ2) is 5.41. The fourth-order valence-electron chi connectivity index (χ4n) is 1.12. The van der Waals surface area contributed by atoms with E-state index in [2.05, 4.69) is 15.3 Å². The normalized spacial score (nSPS) is 12.0. The molecule has 0 saturated heterocycles. The van der Waals surface area contributed by atoms with Crippen molar-refractivity contribution in [1.82, 2.24) is 9.97 Å². The number of nitrogens with two attached hydrogens (primary N) is 1. The van der Waals surface area contributed by atoms with Gasteiger partial charge in [-0.1, -0.05) is 0 Å². The summed E-state index contributed by atoms with van der Waals surface area (Å²) in [5.41, 5.74) is 6.09. The van der Waals surface area contributed by atoms with Crippen LogP contribution in [0.15, 0.2) is 12.4 Å². The van der Waals surface area contributed by atoms with Crippen LogP contribution in [-0.2, 0) is 4.79 Å². The first-order valence-corrected chi connectivity index (χ1v) is 5.04. The molecule has 16 heavy (non-hydrogen) atoms. The van der Waals surface area contributed by atoms with Gasteiger partial charge in [0.25, 0.3) is 0 Å². The fourth-order valence-corrected chi connectivity index (χ4v) is 1.12. The van der Waals surface area contributed by atoms with Gasteiger partial charge in [0, 0.05) is 26.6 Å². The van der Waals surface area contributed by atoms with Gasteiger partial charge >= 0.3 is 0 Å². The molecular weight excluding hydrogens is 206 g/mol. The van der Waals surface area contributed by atoms with Gasteiger partial charge < -0.3 is 16.0 Å². The lowest BCUT2D eigenvalue weighted by atomic mass is 10.2. The molecule has 1 amide bonds. The van der Waals surface area contributed by atoms with Crippen LogP contribution in [0, 0.1) is 0 Å². The zero-order valence-corrected chi connectivity index (χ0v) is 9.77. The highest BCUT2D eigenvalue weighted by Crippen LogP contribution is 2.07. The van der Waals surface area contributed by atoms with E-state index >= 15 is 0 Å². The van der Waals surface area contributed by atoms with E-state index in [-0.39, 0.29) is 18.4 Å². The lowest BCUT2D eigenvalue weighted by Gasteiger charge is -2.10. The van der Waals surface area contributed by atoms with E-state index in [4.69, 9.17) is 5.73 Å². The predicted octanol–water partition coefficient (Wildman–Crippen LogP) is 0.218. The van der Waals surface area contributed by atoms with Crippen LogP contribution in [-0.4, -0.2) is 36.0 Å². The zero-order valence-electron chi connectivity index (χ0n) is 9.77. The van der Waals surface area contributed by atoms with E-state index in [0.717, 1.165) is 0 Å². The number of rotatable bonds is 4. The highest BCUT2D eigenvalue weighted by molar-refractivity contribution is 5.90. The minimum atomic E-state index is -0.151. The molecule has 3 N–H and O–H groups in total. The third-order valence-electron chi connectivity index (χ3n) is 1.83. The molecular formula is C10H17N5O. The summed E-state index contributed by atoms with van der Waals surface area (Å²) in [7, 11) is 3.70. The summed E-state index contributed by atoms with van der Waals surface area (Å²) < 4.78 is 0. The number of amides is 1. The minimum absolute atomic E-state index is 0.129. The maximum absolute atomic E-state index is 11.4. The molecule has 0 saturated carbocycles. The van der Waals surface area contributed by atoms with Crippen molar-refractivity contribution in [3.05, 3.63) is 12.4 Å². The number of aromatic nitrogens is 2. The molecule has 0 radical (unpaired) electrons. The summed E-state index contributed by atoms with van der Waals surface area (Å²) in [6, 6.07) is -0.151. The van der Waals surface area contributed by atoms with Gasteiger partial charge in [0.15, 0.2) is 0 Å². The van der Waals surface area contributed by atoms with Gasteiger partial charge in [0.05, 0.1) is 18.1 Å². The van der Waals surface area contributed by atoms with E-state index in [9.17, 15) is 4.79 Å². The zero-order chi connectivity index (χ0) is 12.1. The average Bonchev–Trinajstić information content (AvgIpc) is 2.16. The van der Waals surface area contributed by atoms with Crippen molar-refractivity contribution < 1.29 is 4.79 Å². The van der Waals surface area contributed by atoms with Gasteiger partial charge in [-0.05, 0) is 6.92 Å². The molecule has 6 heteroatoms. The molecule has 1 heterocycles. The largest absolute Gasteiger partial charge is 0.347 e. The van der Waals surface area contributed by atoms with Crippen molar-refractivity contribution in [3.63, 3.8) is 0 Å². The van der Waals surface area contributed by atoms with Crippen LogP contribution in [0.4, 0.5) is 11.6 Å². The van der Waals surface area contributed by atoms with Crippen LogP contribution in [0.2, 0.25) is 0 Å². The van der Waals surface area contributed by atoms with Gasteiger partial charge in [0.2, 0.25) is 11.9 Å². The Bertz CT molecular complexity index is 347. The van der Waals surface area contributed by atoms with Crippen molar-refractivity contribution in [2.75, 3.05) is 24.3 Å². The smallest absolute Gasteiger partial charge is 0.226 e. The van der Waals surface area contributed by atoms with Crippen LogP contribution < -0.4 is 16.0 Å². The Labute approximate surface area is 94.9 Å². The van der Waals surface area contributed by atoms with E-state index in [1.807, 2.05) is 14.1 Å². The molecule has 1 atom stereocenters. The van der Waals surface area contributed by atoms with Crippen LogP contribution in [0.3, 0.4) is 0 Å². The molecule has 0 aliphatic heterocycles. The minimum Gasteiger partial charge on any atom is -0.347 e. The molecule has 0 aliphatic rings. The lowest BCUT2D eigenvalue weighted by molar-refractivity contribution is -0.116. The van der Waals surface area contributed by atoms with Gasteiger partial charge in [-0.25, -0.2) is 9.97 Å². The molecule has 1 unspecified atom stereocenters. The molecule has 1 aromatic heterocycles. The maximum atomic E-state index is 11.4. The molecule has 0 aliphatic carbocycles. The predicted molar refractivity (Wildman–Crippen MR) is 63.3 cm³/mol.